The van der Waals surface area contributed by atoms with E-state index in [0.29, 0.717) is 11.5 Å². The first-order valence-electron chi connectivity index (χ1n) is 10.4. The van der Waals surface area contributed by atoms with Crippen LogP contribution in [0.1, 0.15) is 28.7 Å². The van der Waals surface area contributed by atoms with Crippen molar-refractivity contribution in [2.24, 2.45) is 0 Å². The number of nitrogens with one attached hydrogen (secondary N) is 1. The fourth-order valence-electron chi connectivity index (χ4n) is 3.66. The van der Waals surface area contributed by atoms with Crippen molar-refractivity contribution in [3.05, 3.63) is 89.7 Å². The molecule has 5 aromatic rings. The highest BCUT2D eigenvalue weighted by Gasteiger charge is 2.19. The van der Waals surface area contributed by atoms with Crippen molar-refractivity contribution in [3.63, 3.8) is 0 Å². The number of anilines is 1. The van der Waals surface area contributed by atoms with Crippen molar-refractivity contribution in [2.45, 2.75) is 20.3 Å². The summed E-state index contributed by atoms with van der Waals surface area (Å²) >= 11 is 0. The molecule has 7 nitrogen and oxygen atoms in total. The average Bonchev–Trinajstić information content (AvgIpc) is 3.43. The molecule has 3 aromatic carbocycles. The van der Waals surface area contributed by atoms with Crippen LogP contribution in [-0.4, -0.2) is 26.1 Å². The minimum absolute atomic E-state index is 0.276. The summed E-state index contributed by atoms with van der Waals surface area (Å²) in [4.78, 5) is 12.8. The molecule has 5 rings (SSSR count). The molecule has 0 radical (unpaired) electrons. The highest BCUT2D eigenvalue weighted by molar-refractivity contribution is 6.03. The third-order valence-electron chi connectivity index (χ3n) is 5.47. The second-order valence-electron chi connectivity index (χ2n) is 7.52. The standard InChI is InChI=1S/C25H21N5O2/c1-3-17-9-11-19(12-10-17)26-25(31)23-16(2)30(29-27-23)20-13-14-22-21(15-20)24(32-28-22)18-7-5-4-6-8-18/h4-15H,3H2,1-2H3,(H,26,31). The predicted molar refractivity (Wildman–Crippen MR) is 123 cm³/mol. The van der Waals surface area contributed by atoms with Gasteiger partial charge in [-0.15, -0.1) is 5.10 Å². The fourth-order valence-corrected chi connectivity index (χ4v) is 3.66. The van der Waals surface area contributed by atoms with Gasteiger partial charge in [0.1, 0.15) is 5.52 Å². The molecule has 0 aliphatic heterocycles. The van der Waals surface area contributed by atoms with E-state index in [0.717, 1.165) is 34.3 Å². The molecular formula is C25H21N5O2. The molecule has 2 aromatic heterocycles. The van der Waals surface area contributed by atoms with Crippen LogP contribution in [0.15, 0.2) is 77.3 Å². The van der Waals surface area contributed by atoms with Crippen molar-refractivity contribution >= 4 is 22.5 Å². The van der Waals surface area contributed by atoms with E-state index < -0.39 is 0 Å². The van der Waals surface area contributed by atoms with Crippen LogP contribution in [0, 0.1) is 6.92 Å². The van der Waals surface area contributed by atoms with Crippen LogP contribution in [0.5, 0.6) is 0 Å². The molecule has 1 N–H and O–H groups in total. The van der Waals surface area contributed by atoms with Gasteiger partial charge >= 0.3 is 0 Å². The van der Waals surface area contributed by atoms with Gasteiger partial charge in [-0.2, -0.15) is 0 Å². The second kappa shape index (κ2) is 8.11. The first kappa shape index (κ1) is 19.7. The van der Waals surface area contributed by atoms with Crippen LogP contribution >= 0.6 is 0 Å². The molecule has 0 atom stereocenters. The van der Waals surface area contributed by atoms with Crippen LogP contribution < -0.4 is 5.32 Å². The lowest BCUT2D eigenvalue weighted by molar-refractivity contribution is 0.102. The molecule has 0 saturated heterocycles. The third kappa shape index (κ3) is 3.54. The number of benzene rings is 3. The van der Waals surface area contributed by atoms with Gasteiger partial charge in [-0.05, 0) is 49.2 Å². The van der Waals surface area contributed by atoms with E-state index in [1.807, 2.05) is 79.7 Å². The molecule has 0 fully saturated rings. The molecule has 158 valence electrons. The lowest BCUT2D eigenvalue weighted by Gasteiger charge is -2.06. The van der Waals surface area contributed by atoms with E-state index in [1.54, 1.807) is 4.68 Å². The first-order chi connectivity index (χ1) is 15.6. The van der Waals surface area contributed by atoms with Crippen molar-refractivity contribution in [3.8, 4) is 17.0 Å². The fraction of sp³-hybridized carbons (Fsp3) is 0.120. The molecular weight excluding hydrogens is 402 g/mol. The third-order valence-corrected chi connectivity index (χ3v) is 5.47. The zero-order valence-electron chi connectivity index (χ0n) is 17.7. The van der Waals surface area contributed by atoms with E-state index in [1.165, 1.54) is 5.56 Å². The molecule has 0 aliphatic rings. The zero-order valence-corrected chi connectivity index (χ0v) is 17.7. The maximum Gasteiger partial charge on any atom is 0.278 e. The minimum Gasteiger partial charge on any atom is -0.355 e. The summed E-state index contributed by atoms with van der Waals surface area (Å²) in [6, 6.07) is 23.3. The SMILES string of the molecule is CCc1ccc(NC(=O)c2nnn(-c3ccc4noc(-c5ccccc5)c4c3)c2C)cc1. The van der Waals surface area contributed by atoms with Crippen molar-refractivity contribution in [2.75, 3.05) is 5.32 Å². The number of aryl methyl sites for hydroxylation is 1. The summed E-state index contributed by atoms with van der Waals surface area (Å²) in [5.41, 5.74) is 5.32. The van der Waals surface area contributed by atoms with E-state index in [-0.39, 0.29) is 11.6 Å². The number of carbonyl (C=O) groups excluding carboxylic acids is 1. The van der Waals surface area contributed by atoms with E-state index in [4.69, 9.17) is 4.52 Å². The Labute approximate surface area is 184 Å². The highest BCUT2D eigenvalue weighted by atomic mass is 16.5. The predicted octanol–water partition coefficient (Wildman–Crippen LogP) is 5.20. The summed E-state index contributed by atoms with van der Waals surface area (Å²) in [6.07, 6.45) is 0.949. The number of hydrogen-bond acceptors (Lipinski definition) is 5. The van der Waals surface area contributed by atoms with Crippen molar-refractivity contribution < 1.29 is 9.32 Å². The van der Waals surface area contributed by atoms with E-state index in [2.05, 4.69) is 27.7 Å². The Bertz CT molecular complexity index is 1400. The highest BCUT2D eigenvalue weighted by Crippen LogP contribution is 2.30. The number of nitrogens with zero attached hydrogens (tertiary/aromatic N) is 4. The number of carbonyl (C=O) groups is 1. The van der Waals surface area contributed by atoms with Gasteiger partial charge in [-0.1, -0.05) is 59.8 Å². The summed E-state index contributed by atoms with van der Waals surface area (Å²) in [6.45, 7) is 3.92. The first-order valence-corrected chi connectivity index (χ1v) is 10.4. The Morgan fingerprint density at radius 3 is 2.56 bits per heavy atom. The number of hydrogen-bond donors (Lipinski definition) is 1. The molecule has 0 aliphatic carbocycles. The van der Waals surface area contributed by atoms with Gasteiger partial charge in [0.15, 0.2) is 11.5 Å². The summed E-state index contributed by atoms with van der Waals surface area (Å²) < 4.78 is 7.24. The smallest absolute Gasteiger partial charge is 0.278 e. The zero-order chi connectivity index (χ0) is 22.1. The van der Waals surface area contributed by atoms with Gasteiger partial charge < -0.3 is 9.84 Å². The van der Waals surface area contributed by atoms with Gasteiger partial charge in [-0.25, -0.2) is 4.68 Å². The molecule has 7 heteroatoms. The van der Waals surface area contributed by atoms with Crippen molar-refractivity contribution in [1.29, 1.82) is 0 Å². The number of rotatable bonds is 5. The summed E-state index contributed by atoms with van der Waals surface area (Å²) in [7, 11) is 0. The lowest BCUT2D eigenvalue weighted by Crippen LogP contribution is -2.14. The average molecular weight is 423 g/mol. The van der Waals surface area contributed by atoms with Gasteiger partial charge in [0.25, 0.3) is 5.91 Å². The summed E-state index contributed by atoms with van der Waals surface area (Å²) in [5, 5.41) is 16.3. The Hall–Kier alpha value is -4.26. The van der Waals surface area contributed by atoms with Crippen LogP contribution in [0.2, 0.25) is 0 Å². The number of aromatic nitrogens is 4. The van der Waals surface area contributed by atoms with Crippen LogP contribution in [0.25, 0.3) is 27.9 Å². The molecule has 2 heterocycles. The Morgan fingerprint density at radius 2 is 1.81 bits per heavy atom. The van der Waals surface area contributed by atoms with Gasteiger partial charge in [0.2, 0.25) is 0 Å². The largest absolute Gasteiger partial charge is 0.355 e. The van der Waals surface area contributed by atoms with Crippen molar-refractivity contribution in [1.82, 2.24) is 20.2 Å². The van der Waals surface area contributed by atoms with Crippen LogP contribution in [-0.2, 0) is 6.42 Å². The number of amides is 1. The van der Waals surface area contributed by atoms with Crippen LogP contribution in [0.3, 0.4) is 0 Å². The minimum atomic E-state index is -0.297. The Balaban J connectivity index is 1.46. The second-order valence-corrected chi connectivity index (χ2v) is 7.52. The molecule has 0 bridgehead atoms. The van der Waals surface area contributed by atoms with Gasteiger partial charge in [0.05, 0.1) is 16.8 Å². The number of fused-ring (bicyclic) bond motifs is 1. The van der Waals surface area contributed by atoms with E-state index >= 15 is 0 Å². The van der Waals surface area contributed by atoms with Gasteiger partial charge in [0, 0.05) is 11.3 Å². The Morgan fingerprint density at radius 1 is 1.03 bits per heavy atom. The van der Waals surface area contributed by atoms with Gasteiger partial charge in [-0.3, -0.25) is 4.79 Å². The molecule has 0 spiro atoms. The normalized spacial score (nSPS) is 11.1. The molecule has 1 amide bonds. The molecule has 0 unspecified atom stereocenters. The van der Waals surface area contributed by atoms with Crippen LogP contribution in [0.4, 0.5) is 5.69 Å². The monoisotopic (exact) mass is 423 g/mol. The Kier molecular flexibility index (Phi) is 4.99. The topological polar surface area (TPSA) is 85.8 Å². The maximum atomic E-state index is 12.8. The summed E-state index contributed by atoms with van der Waals surface area (Å²) in [5.74, 6) is 0.391. The molecule has 32 heavy (non-hydrogen) atoms. The molecule has 0 saturated carbocycles. The quantitative estimate of drug-likeness (QED) is 0.420. The maximum absolute atomic E-state index is 12.8. The lowest BCUT2D eigenvalue weighted by atomic mass is 10.1. The van der Waals surface area contributed by atoms with E-state index in [9.17, 15) is 4.79 Å².